The van der Waals surface area contributed by atoms with Gasteiger partial charge in [0.25, 0.3) is 5.88 Å². The van der Waals surface area contributed by atoms with Crippen LogP contribution in [0, 0.1) is 5.92 Å². The minimum Gasteiger partial charge on any atom is -0.473 e. The summed E-state index contributed by atoms with van der Waals surface area (Å²) in [5, 5.41) is 3.31. The molecule has 5 nitrogen and oxygen atoms in total. The van der Waals surface area contributed by atoms with E-state index in [1.807, 2.05) is 13.8 Å². The Morgan fingerprint density at radius 3 is 2.89 bits per heavy atom. The molecule has 0 aliphatic carbocycles. The van der Waals surface area contributed by atoms with Crippen LogP contribution in [0.15, 0.2) is 17.2 Å². The van der Waals surface area contributed by atoms with E-state index in [0.29, 0.717) is 12.5 Å². The first-order chi connectivity index (χ1) is 8.68. The van der Waals surface area contributed by atoms with Crippen molar-refractivity contribution in [1.82, 2.24) is 14.9 Å². The average Bonchev–Trinajstić information content (AvgIpc) is 2.38. The Labute approximate surface area is 107 Å². The minimum atomic E-state index is -0.138. The third-order valence-corrected chi connectivity index (χ3v) is 3.31. The van der Waals surface area contributed by atoms with Gasteiger partial charge in [-0.2, -0.15) is 0 Å². The topological polar surface area (TPSA) is 56.1 Å². The van der Waals surface area contributed by atoms with E-state index in [0.717, 1.165) is 25.9 Å². The molecule has 1 N–H and O–H groups in total. The number of piperidine rings is 1. The van der Waals surface area contributed by atoms with E-state index in [-0.39, 0.29) is 17.5 Å². The highest BCUT2D eigenvalue weighted by atomic mass is 16.5. The summed E-state index contributed by atoms with van der Waals surface area (Å²) >= 11 is 0. The van der Waals surface area contributed by atoms with Gasteiger partial charge in [0.2, 0.25) is 0 Å². The Morgan fingerprint density at radius 1 is 1.50 bits per heavy atom. The molecule has 1 fully saturated rings. The molecule has 1 aliphatic rings. The van der Waals surface area contributed by atoms with Crippen LogP contribution < -0.4 is 15.6 Å². The van der Waals surface area contributed by atoms with E-state index in [1.54, 1.807) is 17.0 Å². The van der Waals surface area contributed by atoms with Crippen LogP contribution in [-0.4, -0.2) is 29.2 Å². The zero-order valence-electron chi connectivity index (χ0n) is 11.1. The van der Waals surface area contributed by atoms with Gasteiger partial charge in [0.05, 0.1) is 6.61 Å². The molecule has 0 amide bonds. The van der Waals surface area contributed by atoms with Crippen LogP contribution in [0.2, 0.25) is 0 Å². The number of rotatable bonds is 4. The number of nitrogens with zero attached hydrogens (tertiary/aromatic N) is 2. The van der Waals surface area contributed by atoms with Crippen molar-refractivity contribution in [3.05, 3.63) is 22.7 Å². The summed E-state index contributed by atoms with van der Waals surface area (Å²) in [6.07, 6.45) is 5.53. The van der Waals surface area contributed by atoms with Crippen LogP contribution in [0.4, 0.5) is 0 Å². The van der Waals surface area contributed by atoms with Crippen LogP contribution in [0.1, 0.15) is 32.7 Å². The maximum absolute atomic E-state index is 12.0. The summed E-state index contributed by atoms with van der Waals surface area (Å²) in [5.74, 6) is 0.755. The second-order valence-corrected chi connectivity index (χ2v) is 5.04. The molecule has 2 rings (SSSR count). The second kappa shape index (κ2) is 6.00. The summed E-state index contributed by atoms with van der Waals surface area (Å²) in [7, 11) is 0. The van der Waals surface area contributed by atoms with Gasteiger partial charge in [-0.05, 0) is 45.7 Å². The molecule has 1 aromatic rings. The predicted molar refractivity (Wildman–Crippen MR) is 70.0 cm³/mol. The molecule has 0 atom stereocenters. The molecule has 1 saturated heterocycles. The Morgan fingerprint density at radius 2 is 2.22 bits per heavy atom. The molecular formula is C13H21N3O2. The quantitative estimate of drug-likeness (QED) is 0.873. The number of ether oxygens (including phenoxy) is 1. The third-order valence-electron chi connectivity index (χ3n) is 3.31. The Bertz CT molecular complexity index is 436. The molecular weight excluding hydrogens is 230 g/mol. The van der Waals surface area contributed by atoms with E-state index in [1.165, 1.54) is 0 Å². The van der Waals surface area contributed by atoms with Crippen molar-refractivity contribution in [1.29, 1.82) is 0 Å². The van der Waals surface area contributed by atoms with Crippen molar-refractivity contribution in [3.63, 3.8) is 0 Å². The lowest BCUT2D eigenvalue weighted by atomic mass is 9.99. The lowest BCUT2D eigenvalue weighted by molar-refractivity contribution is 0.205. The fourth-order valence-corrected chi connectivity index (χ4v) is 2.16. The van der Waals surface area contributed by atoms with Crippen LogP contribution in [0.5, 0.6) is 5.88 Å². The van der Waals surface area contributed by atoms with Gasteiger partial charge in [0.1, 0.15) is 0 Å². The summed E-state index contributed by atoms with van der Waals surface area (Å²) in [4.78, 5) is 16.1. The van der Waals surface area contributed by atoms with Gasteiger partial charge in [0, 0.05) is 18.4 Å². The average molecular weight is 251 g/mol. The van der Waals surface area contributed by atoms with Gasteiger partial charge in [-0.25, -0.2) is 4.98 Å². The van der Waals surface area contributed by atoms with Crippen LogP contribution in [0.25, 0.3) is 0 Å². The number of aromatic nitrogens is 2. The Hall–Kier alpha value is -1.36. The lowest BCUT2D eigenvalue weighted by Gasteiger charge is -2.22. The summed E-state index contributed by atoms with van der Waals surface area (Å²) < 4.78 is 7.24. The Balaban J connectivity index is 2.00. The zero-order valence-corrected chi connectivity index (χ0v) is 11.1. The zero-order chi connectivity index (χ0) is 13.0. The lowest BCUT2D eigenvalue weighted by Crippen LogP contribution is -2.32. The fraction of sp³-hybridized carbons (Fsp3) is 0.692. The molecule has 0 bridgehead atoms. The van der Waals surface area contributed by atoms with Gasteiger partial charge in [0.15, 0.2) is 0 Å². The summed E-state index contributed by atoms with van der Waals surface area (Å²) in [6.45, 7) is 6.60. The molecule has 100 valence electrons. The first kappa shape index (κ1) is 13.1. The highest BCUT2D eigenvalue weighted by Gasteiger charge is 2.15. The van der Waals surface area contributed by atoms with Gasteiger partial charge in [-0.15, -0.1) is 0 Å². The van der Waals surface area contributed by atoms with Crippen molar-refractivity contribution in [3.8, 4) is 5.88 Å². The van der Waals surface area contributed by atoms with Crippen molar-refractivity contribution in [2.24, 2.45) is 5.92 Å². The molecule has 5 heteroatoms. The molecule has 2 heterocycles. The van der Waals surface area contributed by atoms with Gasteiger partial charge >= 0.3 is 5.56 Å². The van der Waals surface area contributed by atoms with Gasteiger partial charge < -0.3 is 14.6 Å². The second-order valence-electron chi connectivity index (χ2n) is 5.04. The number of hydrogen-bond donors (Lipinski definition) is 1. The molecule has 1 aromatic heterocycles. The van der Waals surface area contributed by atoms with Crippen LogP contribution in [0.3, 0.4) is 0 Å². The maximum atomic E-state index is 12.0. The third kappa shape index (κ3) is 3.10. The van der Waals surface area contributed by atoms with Crippen molar-refractivity contribution in [2.45, 2.75) is 32.7 Å². The van der Waals surface area contributed by atoms with Crippen molar-refractivity contribution >= 4 is 0 Å². The first-order valence-electron chi connectivity index (χ1n) is 6.59. The molecule has 0 radical (unpaired) electrons. The normalized spacial score (nSPS) is 17.1. The smallest absolute Gasteiger partial charge is 0.313 e. The van der Waals surface area contributed by atoms with Gasteiger partial charge in [-0.3, -0.25) is 4.79 Å². The van der Waals surface area contributed by atoms with E-state index in [2.05, 4.69) is 10.3 Å². The highest BCUT2D eigenvalue weighted by Crippen LogP contribution is 2.12. The molecule has 0 aromatic carbocycles. The fourth-order valence-electron chi connectivity index (χ4n) is 2.16. The van der Waals surface area contributed by atoms with Gasteiger partial charge in [-0.1, -0.05) is 0 Å². The van der Waals surface area contributed by atoms with E-state index < -0.39 is 0 Å². The van der Waals surface area contributed by atoms with E-state index >= 15 is 0 Å². The monoisotopic (exact) mass is 251 g/mol. The van der Waals surface area contributed by atoms with Crippen molar-refractivity contribution in [2.75, 3.05) is 19.7 Å². The molecule has 0 unspecified atom stereocenters. The standard InChI is InChI=1S/C13H21N3O2/c1-10(2)16-8-7-15-12(13(16)17)18-9-11-3-5-14-6-4-11/h7-8,10-11,14H,3-6,9H2,1-2H3. The number of nitrogens with one attached hydrogen (secondary N) is 1. The van der Waals surface area contributed by atoms with E-state index in [9.17, 15) is 4.79 Å². The largest absolute Gasteiger partial charge is 0.473 e. The molecule has 1 aliphatic heterocycles. The predicted octanol–water partition coefficient (Wildman–Crippen LogP) is 1.20. The molecule has 0 saturated carbocycles. The first-order valence-corrected chi connectivity index (χ1v) is 6.59. The SMILES string of the molecule is CC(C)n1ccnc(OCC2CCNCC2)c1=O. The van der Waals surface area contributed by atoms with Crippen LogP contribution in [-0.2, 0) is 0 Å². The summed E-state index contributed by atoms with van der Waals surface area (Å²) in [5.41, 5.74) is -0.138. The summed E-state index contributed by atoms with van der Waals surface area (Å²) in [6, 6.07) is 0.127. The number of hydrogen-bond acceptors (Lipinski definition) is 4. The Kier molecular flexibility index (Phi) is 4.36. The maximum Gasteiger partial charge on any atom is 0.313 e. The highest BCUT2D eigenvalue weighted by molar-refractivity contribution is 5.05. The van der Waals surface area contributed by atoms with E-state index in [4.69, 9.17) is 4.74 Å². The minimum absolute atomic E-state index is 0.127. The van der Waals surface area contributed by atoms with Crippen LogP contribution >= 0.6 is 0 Å². The van der Waals surface area contributed by atoms with Crippen molar-refractivity contribution < 1.29 is 4.74 Å². The molecule has 0 spiro atoms. The molecule has 18 heavy (non-hydrogen) atoms.